The van der Waals surface area contributed by atoms with E-state index >= 15 is 0 Å². The Morgan fingerprint density at radius 3 is 2.68 bits per heavy atom. The summed E-state index contributed by atoms with van der Waals surface area (Å²) in [7, 11) is -2.66. The molecule has 28 heavy (non-hydrogen) atoms. The second-order valence-corrected chi connectivity index (χ2v) is 8.29. The lowest BCUT2D eigenvalue weighted by Gasteiger charge is -2.18. The third kappa shape index (κ3) is 2.93. The van der Waals surface area contributed by atoms with Gasteiger partial charge in [-0.15, -0.1) is 0 Å². The van der Waals surface area contributed by atoms with Crippen LogP contribution in [0.1, 0.15) is 18.4 Å². The van der Waals surface area contributed by atoms with Crippen molar-refractivity contribution < 1.29 is 17.9 Å². The zero-order chi connectivity index (χ0) is 19.9. The Bertz CT molecular complexity index is 1180. The zero-order valence-corrected chi connectivity index (χ0v) is 15.9. The molecule has 0 aliphatic heterocycles. The minimum Gasteiger partial charge on any atom is -0.481 e. The third-order valence-corrected chi connectivity index (χ3v) is 6.29. The predicted octanol–water partition coefficient (Wildman–Crippen LogP) is 1.76. The first-order chi connectivity index (χ1) is 13.4. The SMILES string of the molecule is COc1nc(N)ccc1C1(C(=O)NS(=O)(=O)c2cccc3ncccc23)CC1. The molecule has 1 aliphatic rings. The quantitative estimate of drug-likeness (QED) is 0.671. The molecule has 4 rings (SSSR count). The number of ether oxygens (including phenoxy) is 1. The molecule has 0 bridgehead atoms. The molecule has 0 unspecified atom stereocenters. The largest absolute Gasteiger partial charge is 0.481 e. The van der Waals surface area contributed by atoms with Crippen molar-refractivity contribution >= 4 is 32.7 Å². The van der Waals surface area contributed by atoms with Crippen molar-refractivity contribution in [3.8, 4) is 5.88 Å². The van der Waals surface area contributed by atoms with Crippen LogP contribution in [0.25, 0.3) is 10.9 Å². The number of nitrogens with zero attached hydrogens (tertiary/aromatic N) is 2. The molecule has 2 heterocycles. The van der Waals surface area contributed by atoms with Crippen LogP contribution in [0, 0.1) is 0 Å². The number of pyridine rings is 2. The monoisotopic (exact) mass is 398 g/mol. The number of fused-ring (bicyclic) bond motifs is 1. The molecule has 2 aromatic heterocycles. The van der Waals surface area contributed by atoms with Gasteiger partial charge in [0, 0.05) is 17.1 Å². The van der Waals surface area contributed by atoms with Crippen LogP contribution in [0.5, 0.6) is 5.88 Å². The highest BCUT2D eigenvalue weighted by Crippen LogP contribution is 2.51. The summed E-state index contributed by atoms with van der Waals surface area (Å²) in [6, 6.07) is 11.3. The summed E-state index contributed by atoms with van der Waals surface area (Å²) in [6.07, 6.45) is 2.57. The molecular weight excluding hydrogens is 380 g/mol. The summed E-state index contributed by atoms with van der Waals surface area (Å²) in [5.74, 6) is -0.134. The summed E-state index contributed by atoms with van der Waals surface area (Å²) < 4.78 is 33.4. The van der Waals surface area contributed by atoms with E-state index in [0.29, 0.717) is 29.3 Å². The van der Waals surface area contributed by atoms with Crippen molar-refractivity contribution in [3.63, 3.8) is 0 Å². The second kappa shape index (κ2) is 6.45. The molecule has 144 valence electrons. The van der Waals surface area contributed by atoms with Gasteiger partial charge in [0.1, 0.15) is 5.82 Å². The van der Waals surface area contributed by atoms with Gasteiger partial charge >= 0.3 is 0 Å². The molecule has 0 radical (unpaired) electrons. The fourth-order valence-corrected chi connectivity index (χ4v) is 4.57. The Morgan fingerprint density at radius 1 is 1.18 bits per heavy atom. The van der Waals surface area contributed by atoms with Crippen LogP contribution in [0.2, 0.25) is 0 Å². The van der Waals surface area contributed by atoms with Crippen molar-refractivity contribution in [1.82, 2.24) is 14.7 Å². The lowest BCUT2D eigenvalue weighted by molar-refractivity contribution is -0.121. The third-order valence-electron chi connectivity index (χ3n) is 4.90. The minimum absolute atomic E-state index is 0.00430. The Balaban J connectivity index is 1.70. The first-order valence-corrected chi connectivity index (χ1v) is 10.1. The van der Waals surface area contributed by atoms with Gasteiger partial charge in [0.2, 0.25) is 11.8 Å². The highest BCUT2D eigenvalue weighted by atomic mass is 32.2. The van der Waals surface area contributed by atoms with Gasteiger partial charge in [-0.1, -0.05) is 6.07 Å². The van der Waals surface area contributed by atoms with Crippen LogP contribution in [0.3, 0.4) is 0 Å². The van der Waals surface area contributed by atoms with E-state index in [1.807, 2.05) is 0 Å². The molecule has 3 N–H and O–H groups in total. The van der Waals surface area contributed by atoms with E-state index in [1.165, 1.54) is 13.2 Å². The first kappa shape index (κ1) is 18.2. The molecule has 1 aromatic carbocycles. The number of carbonyl (C=O) groups is 1. The van der Waals surface area contributed by atoms with E-state index in [0.717, 1.165) is 0 Å². The molecule has 1 saturated carbocycles. The van der Waals surface area contributed by atoms with Gasteiger partial charge < -0.3 is 10.5 Å². The highest BCUT2D eigenvalue weighted by molar-refractivity contribution is 7.90. The number of rotatable bonds is 5. The van der Waals surface area contributed by atoms with Crippen molar-refractivity contribution in [2.24, 2.45) is 0 Å². The smallest absolute Gasteiger partial charge is 0.264 e. The lowest BCUT2D eigenvalue weighted by Crippen LogP contribution is -2.39. The minimum atomic E-state index is -4.09. The number of anilines is 1. The van der Waals surface area contributed by atoms with Gasteiger partial charge in [-0.05, 0) is 49.2 Å². The first-order valence-electron chi connectivity index (χ1n) is 8.59. The highest BCUT2D eigenvalue weighted by Gasteiger charge is 2.54. The Hall–Kier alpha value is -3.20. The number of nitrogens with one attached hydrogen (secondary N) is 1. The maximum absolute atomic E-state index is 13.0. The number of hydrogen-bond donors (Lipinski definition) is 2. The van der Waals surface area contributed by atoms with E-state index in [2.05, 4.69) is 14.7 Å². The van der Waals surface area contributed by atoms with Gasteiger partial charge in [0.25, 0.3) is 10.0 Å². The van der Waals surface area contributed by atoms with Crippen molar-refractivity contribution in [3.05, 3.63) is 54.2 Å². The van der Waals surface area contributed by atoms with E-state index < -0.39 is 21.3 Å². The van der Waals surface area contributed by atoms with Gasteiger partial charge in [-0.25, -0.2) is 13.1 Å². The number of sulfonamides is 1. The maximum Gasteiger partial charge on any atom is 0.264 e. The average molecular weight is 398 g/mol. The van der Waals surface area contributed by atoms with Crippen LogP contribution >= 0.6 is 0 Å². The molecule has 0 atom stereocenters. The number of hydrogen-bond acceptors (Lipinski definition) is 7. The van der Waals surface area contributed by atoms with Crippen molar-refractivity contribution in [1.29, 1.82) is 0 Å². The summed E-state index contributed by atoms with van der Waals surface area (Å²) >= 11 is 0. The normalized spacial score (nSPS) is 15.2. The van der Waals surface area contributed by atoms with E-state index in [4.69, 9.17) is 10.5 Å². The fraction of sp³-hybridized carbons (Fsp3) is 0.211. The average Bonchev–Trinajstić information content (AvgIpc) is 3.49. The summed E-state index contributed by atoms with van der Waals surface area (Å²) in [4.78, 5) is 21.2. The fourth-order valence-electron chi connectivity index (χ4n) is 3.30. The predicted molar refractivity (Wildman–Crippen MR) is 103 cm³/mol. The van der Waals surface area contributed by atoms with Crippen molar-refractivity contribution in [2.75, 3.05) is 12.8 Å². The summed E-state index contributed by atoms with van der Waals surface area (Å²) in [5, 5.41) is 0.446. The number of amides is 1. The maximum atomic E-state index is 13.0. The number of nitrogens with two attached hydrogens (primary N) is 1. The number of carbonyl (C=O) groups excluding carboxylic acids is 1. The molecule has 9 heteroatoms. The summed E-state index contributed by atoms with van der Waals surface area (Å²) in [6.45, 7) is 0. The van der Waals surface area contributed by atoms with Crippen LogP contribution in [-0.4, -0.2) is 31.4 Å². The second-order valence-electron chi connectivity index (χ2n) is 6.64. The number of nitrogen functional groups attached to an aromatic ring is 1. The summed E-state index contributed by atoms with van der Waals surface area (Å²) in [5.41, 5.74) is 5.74. The van der Waals surface area contributed by atoms with E-state index in [1.54, 1.807) is 42.6 Å². The molecule has 1 aliphatic carbocycles. The van der Waals surface area contributed by atoms with Gasteiger partial charge in [0.05, 0.1) is 22.9 Å². The van der Waals surface area contributed by atoms with Gasteiger partial charge in [-0.2, -0.15) is 4.98 Å². The molecular formula is C19H18N4O4S. The molecule has 0 spiro atoms. The van der Waals surface area contributed by atoms with Crippen LogP contribution in [0.15, 0.2) is 53.6 Å². The Labute approximate surface area is 161 Å². The molecule has 1 fully saturated rings. The van der Waals surface area contributed by atoms with Gasteiger partial charge in [-0.3, -0.25) is 9.78 Å². The van der Waals surface area contributed by atoms with Crippen LogP contribution < -0.4 is 15.2 Å². The Kier molecular flexibility index (Phi) is 4.19. The number of aromatic nitrogens is 2. The van der Waals surface area contributed by atoms with Crippen LogP contribution in [-0.2, 0) is 20.2 Å². The van der Waals surface area contributed by atoms with Crippen molar-refractivity contribution in [2.45, 2.75) is 23.2 Å². The van der Waals surface area contributed by atoms with E-state index in [9.17, 15) is 13.2 Å². The standard InChI is InChI=1S/C19H18N4O4S/c1-27-17-13(7-8-16(20)22-17)19(9-10-19)18(24)23-28(25,26)15-6-2-5-14-12(15)4-3-11-21-14/h2-8,11H,9-10H2,1H3,(H2,20,22)(H,23,24). The lowest BCUT2D eigenvalue weighted by atomic mass is 9.96. The number of methoxy groups -OCH3 is 1. The Morgan fingerprint density at radius 2 is 1.96 bits per heavy atom. The van der Waals surface area contributed by atoms with E-state index in [-0.39, 0.29) is 16.6 Å². The molecule has 0 saturated heterocycles. The molecule has 3 aromatic rings. The molecule has 1 amide bonds. The topological polar surface area (TPSA) is 124 Å². The number of benzene rings is 1. The van der Waals surface area contributed by atoms with Gasteiger partial charge in [0.15, 0.2) is 0 Å². The zero-order valence-electron chi connectivity index (χ0n) is 15.0. The molecule has 8 nitrogen and oxygen atoms in total. The van der Waals surface area contributed by atoms with Crippen LogP contribution in [0.4, 0.5) is 5.82 Å².